The van der Waals surface area contributed by atoms with Crippen LogP contribution in [-0.2, 0) is 0 Å². The van der Waals surface area contributed by atoms with E-state index >= 15 is 0 Å². The molecule has 82 valence electrons. The molecule has 0 aliphatic rings. The molecule has 0 unspecified atom stereocenters. The number of hydrogen-bond donors (Lipinski definition) is 0. The van der Waals surface area contributed by atoms with Crippen LogP contribution in [0.4, 0.5) is 0 Å². The first-order valence-electron chi connectivity index (χ1n) is 4.05. The van der Waals surface area contributed by atoms with Gasteiger partial charge in [-0.15, -0.1) is 0 Å². The van der Waals surface area contributed by atoms with Crippen LogP contribution in [0.15, 0.2) is 24.5 Å². The molecule has 2 aromatic heterocycles. The summed E-state index contributed by atoms with van der Waals surface area (Å²) in [5, 5.41) is 0.935. The molecule has 0 bridgehead atoms. The Kier molecular flexibility index (Phi) is 4.53. The number of hydrogen-bond acceptors (Lipinski definition) is 4. The van der Waals surface area contributed by atoms with Gasteiger partial charge in [0.2, 0.25) is 0 Å². The average Bonchev–Trinajstić information content (AvgIpc) is 2.27. The van der Waals surface area contributed by atoms with Crippen LogP contribution >= 0.6 is 23.2 Å². The summed E-state index contributed by atoms with van der Waals surface area (Å²) < 4.78 is 1.53. The third-order valence-corrected chi connectivity index (χ3v) is 7.60. The van der Waals surface area contributed by atoms with E-state index < -0.39 is 0 Å². The number of halogens is 2. The Morgan fingerprint density at radius 1 is 0.812 bits per heavy atom. The van der Waals surface area contributed by atoms with Crippen molar-refractivity contribution in [2.75, 3.05) is 0 Å². The van der Waals surface area contributed by atoms with Crippen LogP contribution in [0, 0.1) is 0 Å². The van der Waals surface area contributed by atoms with Crippen molar-refractivity contribution in [3.8, 4) is 0 Å². The summed E-state index contributed by atoms with van der Waals surface area (Å²) in [7, 11) is 0. The van der Waals surface area contributed by atoms with Crippen molar-refractivity contribution in [1.82, 2.24) is 19.9 Å². The van der Waals surface area contributed by atoms with E-state index in [0.29, 0.717) is 10.3 Å². The van der Waals surface area contributed by atoms with E-state index in [-0.39, 0.29) is 26.3 Å². The van der Waals surface area contributed by atoms with Crippen LogP contribution < -0.4 is 9.45 Å². The van der Waals surface area contributed by atoms with Gasteiger partial charge in [-0.1, -0.05) is 0 Å². The first-order chi connectivity index (χ1) is 7.74. The molecule has 0 spiro atoms. The van der Waals surface area contributed by atoms with Gasteiger partial charge in [0.15, 0.2) is 0 Å². The van der Waals surface area contributed by atoms with Crippen molar-refractivity contribution in [1.29, 1.82) is 0 Å². The fraction of sp³-hybridized carbons (Fsp3) is 0. The Morgan fingerprint density at radius 3 is 1.62 bits per heavy atom. The van der Waals surface area contributed by atoms with Gasteiger partial charge in [0.05, 0.1) is 0 Å². The maximum atomic E-state index is 5.77. The molecule has 4 nitrogen and oxygen atoms in total. The van der Waals surface area contributed by atoms with Crippen LogP contribution in [0.3, 0.4) is 0 Å². The summed E-state index contributed by atoms with van der Waals surface area (Å²) in [6.07, 6.45) is 3.31. The molecule has 0 fully saturated rings. The molecule has 8 heteroatoms. The Balaban J connectivity index is 2.02. The van der Waals surface area contributed by atoms with E-state index in [1.54, 1.807) is 24.5 Å². The van der Waals surface area contributed by atoms with Crippen molar-refractivity contribution in [2.45, 2.75) is 0 Å². The second-order valence-corrected chi connectivity index (χ2v) is 9.13. The quantitative estimate of drug-likeness (QED) is 0.545. The summed E-state index contributed by atoms with van der Waals surface area (Å²) in [5.41, 5.74) is 0. The Bertz CT molecular complexity index is 451. The molecule has 0 amide bonds. The van der Waals surface area contributed by atoms with Gasteiger partial charge in [0.1, 0.15) is 0 Å². The fourth-order valence-corrected chi connectivity index (χ4v) is 5.99. The molecular weight excluding hydrogens is 381 g/mol. The molecule has 0 aromatic carbocycles. The standard InChI is InChI=1S/C8H4Cl2N4Se2/c9-5-1-3-11-7(13-5)15-16-8-12-4-2-6(10)14-8/h1-4H. The van der Waals surface area contributed by atoms with Gasteiger partial charge in [-0.25, -0.2) is 0 Å². The van der Waals surface area contributed by atoms with Crippen LogP contribution in [-0.4, -0.2) is 46.2 Å². The van der Waals surface area contributed by atoms with Crippen molar-refractivity contribution < 1.29 is 0 Å². The minimum atomic E-state index is 0.128. The van der Waals surface area contributed by atoms with Gasteiger partial charge >= 0.3 is 114 Å². The molecule has 2 rings (SSSR count). The molecule has 0 saturated heterocycles. The van der Waals surface area contributed by atoms with E-state index in [9.17, 15) is 0 Å². The molecule has 16 heavy (non-hydrogen) atoms. The van der Waals surface area contributed by atoms with Gasteiger partial charge in [-0.2, -0.15) is 0 Å². The monoisotopic (exact) mass is 386 g/mol. The van der Waals surface area contributed by atoms with Crippen molar-refractivity contribution in [3.05, 3.63) is 34.8 Å². The number of nitrogens with zero attached hydrogens (tertiary/aromatic N) is 4. The molecule has 0 atom stereocenters. The third-order valence-electron chi connectivity index (χ3n) is 1.39. The zero-order chi connectivity index (χ0) is 11.4. The molecule has 0 aliphatic carbocycles. The summed E-state index contributed by atoms with van der Waals surface area (Å²) >= 11 is 11.8. The zero-order valence-corrected chi connectivity index (χ0v) is 12.6. The molecular formula is C8H4Cl2N4Se2. The maximum absolute atomic E-state index is 5.77. The normalized spacial score (nSPS) is 10.4. The first-order valence-corrected chi connectivity index (χ1v) is 10.9. The second kappa shape index (κ2) is 5.92. The predicted molar refractivity (Wildman–Crippen MR) is 64.9 cm³/mol. The Morgan fingerprint density at radius 2 is 1.25 bits per heavy atom. The average molecular weight is 385 g/mol. The zero-order valence-electron chi connectivity index (χ0n) is 7.67. The van der Waals surface area contributed by atoms with E-state index in [2.05, 4.69) is 19.9 Å². The topological polar surface area (TPSA) is 51.6 Å². The Labute approximate surface area is 113 Å². The van der Waals surface area contributed by atoms with Crippen LogP contribution in [0.25, 0.3) is 0 Å². The summed E-state index contributed by atoms with van der Waals surface area (Å²) in [4.78, 5) is 16.5. The SMILES string of the molecule is Clc1ccnc([Se][Se]c2nccc(Cl)n2)n1. The minimum absolute atomic E-state index is 0.128. The van der Waals surface area contributed by atoms with Gasteiger partial charge in [-0.05, 0) is 0 Å². The van der Waals surface area contributed by atoms with Gasteiger partial charge in [0.25, 0.3) is 0 Å². The molecule has 0 radical (unpaired) electrons. The van der Waals surface area contributed by atoms with E-state index in [4.69, 9.17) is 23.2 Å². The van der Waals surface area contributed by atoms with E-state index in [0.717, 1.165) is 9.45 Å². The summed E-state index contributed by atoms with van der Waals surface area (Å²) in [5.74, 6) is 0. The van der Waals surface area contributed by atoms with Crippen molar-refractivity contribution in [2.24, 2.45) is 0 Å². The van der Waals surface area contributed by atoms with Gasteiger partial charge in [-0.3, -0.25) is 0 Å². The van der Waals surface area contributed by atoms with E-state index in [1.807, 2.05) is 0 Å². The van der Waals surface area contributed by atoms with Crippen molar-refractivity contribution >= 4 is 58.9 Å². The van der Waals surface area contributed by atoms with Crippen molar-refractivity contribution in [3.63, 3.8) is 0 Å². The van der Waals surface area contributed by atoms with Crippen LogP contribution in [0.2, 0.25) is 10.3 Å². The molecule has 0 aliphatic heterocycles. The third kappa shape index (κ3) is 3.66. The molecule has 0 saturated carbocycles. The summed E-state index contributed by atoms with van der Waals surface area (Å²) in [6.45, 7) is 0. The Hall–Kier alpha value is -0.221. The predicted octanol–water partition coefficient (Wildman–Crippen LogP) is -0.152. The van der Waals surface area contributed by atoms with Gasteiger partial charge < -0.3 is 0 Å². The van der Waals surface area contributed by atoms with Crippen LogP contribution in [0.5, 0.6) is 0 Å². The number of aromatic nitrogens is 4. The molecule has 2 heterocycles. The van der Waals surface area contributed by atoms with E-state index in [1.165, 1.54) is 0 Å². The first kappa shape index (κ1) is 12.2. The van der Waals surface area contributed by atoms with Gasteiger partial charge in [0, 0.05) is 0 Å². The molecule has 2 aromatic rings. The summed E-state index contributed by atoms with van der Waals surface area (Å²) in [6, 6.07) is 3.31. The molecule has 0 N–H and O–H groups in total. The fourth-order valence-electron chi connectivity index (χ4n) is 0.795. The number of rotatable bonds is 3. The second-order valence-electron chi connectivity index (χ2n) is 2.49. The van der Waals surface area contributed by atoms with Crippen LogP contribution in [0.1, 0.15) is 0 Å².